The molecule has 2 aliphatic heterocycles. The fourth-order valence-electron chi connectivity index (χ4n) is 0.988. The molecular formula is C12H21NO5. The molecule has 0 aromatic carbocycles. The van der Waals surface area contributed by atoms with Crippen LogP contribution in [0.3, 0.4) is 0 Å². The molecule has 0 saturated carbocycles. The minimum absolute atomic E-state index is 0.273. The number of rotatable bonds is 6. The van der Waals surface area contributed by atoms with E-state index in [0.717, 1.165) is 32.5 Å². The van der Waals surface area contributed by atoms with Crippen molar-refractivity contribution in [3.05, 3.63) is 12.7 Å². The third-order valence-electron chi connectivity index (χ3n) is 2.49. The summed E-state index contributed by atoms with van der Waals surface area (Å²) in [7, 11) is 1.51. The highest BCUT2D eigenvalue weighted by molar-refractivity contribution is 5.86. The summed E-state index contributed by atoms with van der Waals surface area (Å²) >= 11 is 0. The highest BCUT2D eigenvalue weighted by atomic mass is 16.6. The zero-order chi connectivity index (χ0) is 13.5. The Hall–Kier alpha value is -0.950. The third kappa shape index (κ3) is 6.70. The predicted octanol–water partition coefficient (Wildman–Crippen LogP) is -0.230. The first kappa shape index (κ1) is 15.1. The lowest BCUT2D eigenvalue weighted by molar-refractivity contribution is -0.132. The first-order valence-corrected chi connectivity index (χ1v) is 5.92. The summed E-state index contributed by atoms with van der Waals surface area (Å²) in [5.74, 6) is -0.273. The molecule has 18 heavy (non-hydrogen) atoms. The molecule has 3 unspecified atom stereocenters. The Morgan fingerprint density at radius 2 is 1.94 bits per heavy atom. The second-order valence-corrected chi connectivity index (χ2v) is 4.23. The van der Waals surface area contributed by atoms with Gasteiger partial charge in [0.25, 0.3) is 0 Å². The monoisotopic (exact) mass is 259 g/mol. The highest BCUT2D eigenvalue weighted by Gasteiger charge is 2.26. The Kier molecular flexibility index (Phi) is 6.28. The van der Waals surface area contributed by atoms with E-state index in [-0.39, 0.29) is 5.91 Å². The lowest BCUT2D eigenvalue weighted by atomic mass is 10.5. The van der Waals surface area contributed by atoms with E-state index in [0.29, 0.717) is 12.2 Å². The van der Waals surface area contributed by atoms with Gasteiger partial charge in [-0.2, -0.15) is 0 Å². The minimum atomic E-state index is -0.740. The van der Waals surface area contributed by atoms with Gasteiger partial charge in [0.05, 0.1) is 26.4 Å². The lowest BCUT2D eigenvalue weighted by Crippen LogP contribution is -2.33. The molecule has 1 N–H and O–H groups in total. The normalized spacial score (nSPS) is 25.5. The van der Waals surface area contributed by atoms with E-state index in [1.165, 1.54) is 18.9 Å². The fraction of sp³-hybridized carbons (Fsp3) is 0.750. The van der Waals surface area contributed by atoms with E-state index >= 15 is 0 Å². The second kappa shape index (κ2) is 7.48. The predicted molar refractivity (Wildman–Crippen MR) is 64.9 cm³/mol. The molecule has 2 fully saturated rings. The zero-order valence-corrected chi connectivity index (χ0v) is 10.9. The van der Waals surface area contributed by atoms with Gasteiger partial charge >= 0.3 is 0 Å². The Morgan fingerprint density at radius 1 is 1.50 bits per heavy atom. The van der Waals surface area contributed by atoms with Crippen molar-refractivity contribution in [2.75, 3.05) is 33.5 Å². The molecule has 6 nitrogen and oxygen atoms in total. The number of epoxide rings is 2. The number of aliphatic hydroxyl groups excluding tert-OH is 1. The van der Waals surface area contributed by atoms with Crippen LogP contribution in [0.25, 0.3) is 0 Å². The van der Waals surface area contributed by atoms with Crippen LogP contribution in [0.2, 0.25) is 0 Å². The maximum Gasteiger partial charge on any atom is 0.247 e. The second-order valence-electron chi connectivity index (χ2n) is 4.23. The largest absolute Gasteiger partial charge is 0.376 e. The summed E-state index contributed by atoms with van der Waals surface area (Å²) < 4.78 is 15.1. The van der Waals surface area contributed by atoms with Crippen molar-refractivity contribution in [2.45, 2.75) is 25.4 Å². The Labute approximate surface area is 107 Å². The fourth-order valence-corrected chi connectivity index (χ4v) is 0.988. The number of nitrogens with zero attached hydrogens (tertiary/aromatic N) is 1. The molecular weight excluding hydrogens is 238 g/mol. The molecule has 0 aromatic heterocycles. The Balaban J connectivity index is 0.000000180. The van der Waals surface area contributed by atoms with Crippen LogP contribution in [0.15, 0.2) is 12.7 Å². The third-order valence-corrected chi connectivity index (χ3v) is 2.49. The zero-order valence-electron chi connectivity index (χ0n) is 10.9. The first-order chi connectivity index (χ1) is 8.54. The van der Waals surface area contributed by atoms with Gasteiger partial charge in [0.1, 0.15) is 18.4 Å². The molecule has 2 aliphatic rings. The van der Waals surface area contributed by atoms with Gasteiger partial charge in [-0.05, 0) is 13.0 Å². The molecule has 2 rings (SSSR count). The van der Waals surface area contributed by atoms with Crippen LogP contribution in [0, 0.1) is 0 Å². The summed E-state index contributed by atoms with van der Waals surface area (Å²) in [6.07, 6.45) is 1.20. The van der Waals surface area contributed by atoms with Crippen molar-refractivity contribution >= 4 is 5.91 Å². The molecule has 0 bridgehead atoms. The van der Waals surface area contributed by atoms with Crippen LogP contribution in [0.1, 0.15) is 6.92 Å². The number of amides is 1. The van der Waals surface area contributed by atoms with Gasteiger partial charge < -0.3 is 24.2 Å². The van der Waals surface area contributed by atoms with E-state index in [1.54, 1.807) is 0 Å². The molecule has 0 aromatic rings. The van der Waals surface area contributed by atoms with E-state index in [4.69, 9.17) is 19.3 Å². The SMILES string of the molecule is C(OCC1CO1)C1CO1.C=CC(=O)N(C)C(C)O. The van der Waals surface area contributed by atoms with Gasteiger partial charge in [0.15, 0.2) is 0 Å². The molecule has 0 radical (unpaired) electrons. The summed E-state index contributed by atoms with van der Waals surface area (Å²) in [4.78, 5) is 11.8. The summed E-state index contributed by atoms with van der Waals surface area (Å²) in [5, 5.41) is 8.78. The van der Waals surface area contributed by atoms with Crippen molar-refractivity contribution in [1.82, 2.24) is 4.90 Å². The van der Waals surface area contributed by atoms with Crippen molar-refractivity contribution < 1.29 is 24.1 Å². The van der Waals surface area contributed by atoms with Crippen molar-refractivity contribution in [2.24, 2.45) is 0 Å². The molecule has 6 heteroatoms. The molecule has 2 saturated heterocycles. The van der Waals surface area contributed by atoms with Gasteiger partial charge in [-0.1, -0.05) is 6.58 Å². The van der Waals surface area contributed by atoms with Gasteiger partial charge in [-0.15, -0.1) is 0 Å². The summed E-state index contributed by atoms with van der Waals surface area (Å²) in [6, 6.07) is 0. The molecule has 3 atom stereocenters. The molecule has 0 spiro atoms. The average molecular weight is 259 g/mol. The van der Waals surface area contributed by atoms with Crippen LogP contribution < -0.4 is 0 Å². The molecule has 104 valence electrons. The van der Waals surface area contributed by atoms with Gasteiger partial charge in [-0.3, -0.25) is 4.79 Å². The number of carbonyl (C=O) groups is 1. The molecule has 2 heterocycles. The first-order valence-electron chi connectivity index (χ1n) is 5.92. The number of hydrogen-bond donors (Lipinski definition) is 1. The van der Waals surface area contributed by atoms with E-state index in [9.17, 15) is 4.79 Å². The van der Waals surface area contributed by atoms with E-state index in [1.807, 2.05) is 0 Å². The standard InChI is InChI=1S/C6H11NO2.C6H10O3/c1-4-6(9)7(3)5(2)8;1(5-3-8-5)7-2-6-4-9-6/h4-5,8H,1H2,2-3H3;5-6H,1-4H2. The number of carbonyl (C=O) groups excluding carboxylic acids is 1. The average Bonchev–Trinajstić information content (AvgIpc) is 3.21. The maximum atomic E-state index is 10.6. The number of aliphatic hydroxyl groups is 1. The number of likely N-dealkylation sites (N-methyl/N-ethyl adjacent to an activating group) is 1. The van der Waals surface area contributed by atoms with Crippen LogP contribution in [0.5, 0.6) is 0 Å². The maximum absolute atomic E-state index is 10.6. The number of hydrogen-bond acceptors (Lipinski definition) is 5. The van der Waals surface area contributed by atoms with Crippen molar-refractivity contribution in [3.8, 4) is 0 Å². The van der Waals surface area contributed by atoms with Crippen LogP contribution >= 0.6 is 0 Å². The topological polar surface area (TPSA) is 74.8 Å². The highest BCUT2D eigenvalue weighted by Crippen LogP contribution is 2.12. The summed E-state index contributed by atoms with van der Waals surface area (Å²) in [6.45, 7) is 8.04. The van der Waals surface area contributed by atoms with Crippen LogP contribution in [-0.4, -0.2) is 67.8 Å². The van der Waals surface area contributed by atoms with Crippen molar-refractivity contribution in [1.29, 1.82) is 0 Å². The Bertz CT molecular complexity index is 262. The van der Waals surface area contributed by atoms with Crippen molar-refractivity contribution in [3.63, 3.8) is 0 Å². The Morgan fingerprint density at radius 3 is 2.17 bits per heavy atom. The van der Waals surface area contributed by atoms with Crippen LogP contribution in [-0.2, 0) is 19.0 Å². The van der Waals surface area contributed by atoms with Gasteiger partial charge in [0.2, 0.25) is 5.91 Å². The molecule has 0 aliphatic carbocycles. The number of ether oxygens (including phenoxy) is 3. The van der Waals surface area contributed by atoms with Crippen LogP contribution in [0.4, 0.5) is 0 Å². The minimum Gasteiger partial charge on any atom is -0.376 e. The van der Waals surface area contributed by atoms with E-state index in [2.05, 4.69) is 6.58 Å². The quantitative estimate of drug-likeness (QED) is 0.405. The van der Waals surface area contributed by atoms with Gasteiger partial charge in [0, 0.05) is 7.05 Å². The summed E-state index contributed by atoms with van der Waals surface area (Å²) in [5.41, 5.74) is 0. The van der Waals surface area contributed by atoms with E-state index < -0.39 is 6.23 Å². The van der Waals surface area contributed by atoms with Gasteiger partial charge in [-0.25, -0.2) is 0 Å². The smallest absolute Gasteiger partial charge is 0.247 e. The lowest BCUT2D eigenvalue weighted by Gasteiger charge is -2.17. The molecule has 1 amide bonds.